The summed E-state index contributed by atoms with van der Waals surface area (Å²) in [6, 6.07) is 18.1. The molecule has 2 aliphatic rings. The van der Waals surface area contributed by atoms with E-state index in [0.29, 0.717) is 13.0 Å². The summed E-state index contributed by atoms with van der Waals surface area (Å²) in [4.78, 5) is 31.0. The highest BCUT2D eigenvalue weighted by molar-refractivity contribution is 5.94. The van der Waals surface area contributed by atoms with E-state index >= 15 is 0 Å². The molecule has 0 unspecified atom stereocenters. The minimum Gasteiger partial charge on any atom is -0.338 e. The fourth-order valence-electron chi connectivity index (χ4n) is 4.11. The lowest BCUT2D eigenvalue weighted by molar-refractivity contribution is -0.128. The molecule has 2 fully saturated rings. The smallest absolute Gasteiger partial charge is 0.253 e. The maximum atomic E-state index is 13.0. The van der Waals surface area contributed by atoms with E-state index in [4.69, 9.17) is 0 Å². The van der Waals surface area contributed by atoms with Gasteiger partial charge in [-0.05, 0) is 29.7 Å². The topological polar surface area (TPSA) is 43.9 Å². The van der Waals surface area contributed by atoms with E-state index in [1.165, 1.54) is 5.56 Å². The molecule has 2 amide bonds. The van der Waals surface area contributed by atoms with Crippen LogP contribution in [0, 0.1) is 0 Å². The first-order valence-corrected chi connectivity index (χ1v) is 10.8. The summed E-state index contributed by atoms with van der Waals surface area (Å²) in [5, 5.41) is 0. The number of benzene rings is 2. The highest BCUT2D eigenvalue weighted by Crippen LogP contribution is 2.16. The molecule has 2 aromatic rings. The number of likely N-dealkylation sites (tertiary alicyclic amines) is 1. The maximum Gasteiger partial charge on any atom is 0.253 e. The molecule has 0 saturated carbocycles. The van der Waals surface area contributed by atoms with Crippen LogP contribution in [0.5, 0.6) is 0 Å². The third-order valence-corrected chi connectivity index (χ3v) is 5.85. The average Bonchev–Trinajstić information content (AvgIpc) is 3.19. The molecule has 2 aromatic carbocycles. The van der Waals surface area contributed by atoms with Gasteiger partial charge in [0, 0.05) is 57.8 Å². The largest absolute Gasteiger partial charge is 0.338 e. The second-order valence-electron chi connectivity index (χ2n) is 8.03. The Morgan fingerprint density at radius 3 is 2.47 bits per heavy atom. The van der Waals surface area contributed by atoms with Crippen LogP contribution in [0.3, 0.4) is 0 Å². The maximum absolute atomic E-state index is 13.0. The van der Waals surface area contributed by atoms with Crippen LogP contribution >= 0.6 is 0 Å². The molecule has 156 valence electrons. The summed E-state index contributed by atoms with van der Waals surface area (Å²) < 4.78 is 0. The average molecular weight is 404 g/mol. The zero-order valence-electron chi connectivity index (χ0n) is 17.4. The number of amides is 2. The standard InChI is InChI=1S/C25H29N3O2/c29-24-12-6-14-28(24)20-22-9-4-11-23(19-22)25(30)27-17-15-26(16-18-27)13-5-10-21-7-2-1-3-8-21/h1-5,7-11,19H,6,12-18,20H2/b10-5+. The Labute approximate surface area is 178 Å². The quantitative estimate of drug-likeness (QED) is 0.744. The van der Waals surface area contributed by atoms with Crippen molar-refractivity contribution in [2.24, 2.45) is 0 Å². The summed E-state index contributed by atoms with van der Waals surface area (Å²) in [7, 11) is 0. The van der Waals surface area contributed by atoms with E-state index in [2.05, 4.69) is 29.2 Å². The number of nitrogens with zero attached hydrogens (tertiary/aromatic N) is 3. The summed E-state index contributed by atoms with van der Waals surface area (Å²) in [6.45, 7) is 5.56. The molecule has 30 heavy (non-hydrogen) atoms. The van der Waals surface area contributed by atoms with Crippen molar-refractivity contribution >= 4 is 17.9 Å². The zero-order valence-corrected chi connectivity index (χ0v) is 17.4. The Morgan fingerprint density at radius 2 is 1.73 bits per heavy atom. The molecule has 0 bridgehead atoms. The molecule has 0 aliphatic carbocycles. The van der Waals surface area contributed by atoms with Crippen LogP contribution in [-0.2, 0) is 11.3 Å². The van der Waals surface area contributed by atoms with Crippen molar-refractivity contribution in [3.8, 4) is 0 Å². The van der Waals surface area contributed by atoms with Gasteiger partial charge in [-0.1, -0.05) is 54.6 Å². The van der Waals surface area contributed by atoms with Crippen molar-refractivity contribution in [1.29, 1.82) is 0 Å². The highest BCUT2D eigenvalue weighted by Gasteiger charge is 2.23. The van der Waals surface area contributed by atoms with Gasteiger partial charge in [-0.3, -0.25) is 14.5 Å². The van der Waals surface area contributed by atoms with E-state index < -0.39 is 0 Å². The number of hydrogen-bond acceptors (Lipinski definition) is 3. The molecule has 0 spiro atoms. The third kappa shape index (κ3) is 5.16. The van der Waals surface area contributed by atoms with Gasteiger partial charge in [-0.25, -0.2) is 0 Å². The monoisotopic (exact) mass is 403 g/mol. The number of piperazine rings is 1. The van der Waals surface area contributed by atoms with Gasteiger partial charge in [-0.2, -0.15) is 0 Å². The van der Waals surface area contributed by atoms with Crippen molar-refractivity contribution in [3.05, 3.63) is 77.4 Å². The molecule has 5 nitrogen and oxygen atoms in total. The van der Waals surface area contributed by atoms with Crippen molar-refractivity contribution in [2.45, 2.75) is 19.4 Å². The number of hydrogen-bond donors (Lipinski definition) is 0. The first-order chi connectivity index (χ1) is 14.7. The van der Waals surface area contributed by atoms with Gasteiger partial charge in [-0.15, -0.1) is 0 Å². The Morgan fingerprint density at radius 1 is 0.933 bits per heavy atom. The van der Waals surface area contributed by atoms with Gasteiger partial charge in [0.15, 0.2) is 0 Å². The third-order valence-electron chi connectivity index (χ3n) is 5.85. The Kier molecular flexibility index (Phi) is 6.60. The predicted molar refractivity (Wildman–Crippen MR) is 119 cm³/mol. The lowest BCUT2D eigenvalue weighted by atomic mass is 10.1. The van der Waals surface area contributed by atoms with Gasteiger partial charge in [0.05, 0.1) is 0 Å². The minimum absolute atomic E-state index is 0.0871. The number of carbonyl (C=O) groups is 2. The summed E-state index contributed by atoms with van der Waals surface area (Å²) >= 11 is 0. The molecule has 0 atom stereocenters. The van der Waals surface area contributed by atoms with Crippen LogP contribution in [0.4, 0.5) is 0 Å². The Bertz CT molecular complexity index is 902. The van der Waals surface area contributed by atoms with E-state index in [0.717, 1.165) is 56.8 Å². The Hall–Kier alpha value is -2.92. The van der Waals surface area contributed by atoms with Crippen LogP contribution in [0.15, 0.2) is 60.7 Å². The lowest BCUT2D eigenvalue weighted by Crippen LogP contribution is -2.48. The molecule has 4 rings (SSSR count). The van der Waals surface area contributed by atoms with Gasteiger partial charge in [0.1, 0.15) is 0 Å². The molecule has 0 radical (unpaired) electrons. The van der Waals surface area contributed by atoms with Crippen LogP contribution in [0.2, 0.25) is 0 Å². The molecule has 2 aliphatic heterocycles. The second kappa shape index (κ2) is 9.72. The van der Waals surface area contributed by atoms with Crippen LogP contribution in [-0.4, -0.2) is 65.8 Å². The lowest BCUT2D eigenvalue weighted by Gasteiger charge is -2.34. The first-order valence-electron chi connectivity index (χ1n) is 10.8. The fraction of sp³-hybridized carbons (Fsp3) is 0.360. The molecule has 0 aromatic heterocycles. The first kappa shape index (κ1) is 20.4. The van der Waals surface area contributed by atoms with Crippen molar-refractivity contribution < 1.29 is 9.59 Å². The van der Waals surface area contributed by atoms with Gasteiger partial charge >= 0.3 is 0 Å². The summed E-state index contributed by atoms with van der Waals surface area (Å²) in [5.74, 6) is 0.299. The zero-order chi connectivity index (χ0) is 20.8. The molecular formula is C25H29N3O2. The summed E-state index contributed by atoms with van der Waals surface area (Å²) in [5.41, 5.74) is 2.96. The predicted octanol–water partition coefficient (Wildman–Crippen LogP) is 3.28. The second-order valence-corrected chi connectivity index (χ2v) is 8.03. The van der Waals surface area contributed by atoms with Gasteiger partial charge < -0.3 is 9.80 Å². The van der Waals surface area contributed by atoms with Gasteiger partial charge in [0.2, 0.25) is 5.91 Å². The summed E-state index contributed by atoms with van der Waals surface area (Å²) in [6.07, 6.45) is 5.91. The van der Waals surface area contributed by atoms with Crippen LogP contribution in [0.25, 0.3) is 6.08 Å². The normalized spacial score (nSPS) is 17.8. The van der Waals surface area contributed by atoms with Crippen LogP contribution in [0.1, 0.15) is 34.3 Å². The Balaban J connectivity index is 1.28. The fourth-order valence-corrected chi connectivity index (χ4v) is 4.11. The molecule has 5 heteroatoms. The molecule has 2 heterocycles. The van der Waals surface area contributed by atoms with E-state index in [1.54, 1.807) is 0 Å². The number of rotatable bonds is 6. The SMILES string of the molecule is O=C1CCCN1Cc1cccc(C(=O)N2CCN(C/C=C/c3ccccc3)CC2)c1. The minimum atomic E-state index is 0.0871. The van der Waals surface area contributed by atoms with E-state index in [9.17, 15) is 9.59 Å². The highest BCUT2D eigenvalue weighted by atomic mass is 16.2. The van der Waals surface area contributed by atoms with Gasteiger partial charge in [0.25, 0.3) is 5.91 Å². The van der Waals surface area contributed by atoms with Crippen molar-refractivity contribution in [1.82, 2.24) is 14.7 Å². The molecular weight excluding hydrogens is 374 g/mol. The number of carbonyl (C=O) groups excluding carboxylic acids is 2. The molecule has 2 saturated heterocycles. The van der Waals surface area contributed by atoms with Crippen LogP contribution < -0.4 is 0 Å². The van der Waals surface area contributed by atoms with E-state index in [-0.39, 0.29) is 11.8 Å². The molecule has 0 N–H and O–H groups in total. The van der Waals surface area contributed by atoms with Crippen molar-refractivity contribution in [3.63, 3.8) is 0 Å². The van der Waals surface area contributed by atoms with Crippen molar-refractivity contribution in [2.75, 3.05) is 39.3 Å². The van der Waals surface area contributed by atoms with E-state index in [1.807, 2.05) is 52.3 Å².